The largest absolute Gasteiger partial charge is 0.467 e. The number of fused-ring (bicyclic) bond motifs is 2. The van der Waals surface area contributed by atoms with Gasteiger partial charge >= 0.3 is 5.97 Å². The Morgan fingerprint density at radius 1 is 1.29 bits per heavy atom. The lowest BCUT2D eigenvalue weighted by atomic mass is 10.1. The smallest absolute Gasteiger partial charge is 0.350 e. The quantitative estimate of drug-likeness (QED) is 0.309. The third-order valence-corrected chi connectivity index (χ3v) is 5.99. The first-order valence-corrected chi connectivity index (χ1v) is 9.56. The molecular formula is C18H11Cl2NO6S. The van der Waals surface area contributed by atoms with Crippen molar-refractivity contribution in [3.63, 3.8) is 0 Å². The fraction of sp³-hybridized carbons (Fsp3) is 0.167. The minimum absolute atomic E-state index is 0.0225. The molecule has 0 spiro atoms. The van der Waals surface area contributed by atoms with Crippen LogP contribution in [0.15, 0.2) is 30.3 Å². The minimum atomic E-state index is -0.630. The van der Waals surface area contributed by atoms with E-state index in [2.05, 4.69) is 0 Å². The summed E-state index contributed by atoms with van der Waals surface area (Å²) in [7, 11) is 0. The number of nitro benzene ring substituents is 1. The molecule has 0 N–H and O–H groups in total. The lowest BCUT2D eigenvalue weighted by Crippen LogP contribution is -2.14. The number of benzene rings is 2. The highest BCUT2D eigenvalue weighted by Gasteiger charge is 2.23. The first kappa shape index (κ1) is 18.9. The Morgan fingerprint density at radius 3 is 2.89 bits per heavy atom. The topological polar surface area (TPSA) is 87.9 Å². The Labute approximate surface area is 172 Å². The molecule has 0 bridgehead atoms. The number of ether oxygens (including phenoxy) is 3. The second-order valence-corrected chi connectivity index (χ2v) is 7.79. The minimum Gasteiger partial charge on any atom is -0.467 e. The number of non-ortho nitro benzene ring substituents is 1. The summed E-state index contributed by atoms with van der Waals surface area (Å²) >= 11 is 13.4. The third kappa shape index (κ3) is 3.51. The summed E-state index contributed by atoms with van der Waals surface area (Å²) in [5, 5.41) is 12.7. The maximum Gasteiger partial charge on any atom is 0.350 e. The average molecular weight is 440 g/mol. The zero-order chi connectivity index (χ0) is 19.8. The summed E-state index contributed by atoms with van der Waals surface area (Å²) in [6.07, 6.45) is 0. The highest BCUT2D eigenvalue weighted by Crippen LogP contribution is 2.38. The lowest BCUT2D eigenvalue weighted by Gasteiger charge is -2.20. The maximum atomic E-state index is 12.6. The van der Waals surface area contributed by atoms with Crippen LogP contribution in [-0.2, 0) is 22.7 Å². The van der Waals surface area contributed by atoms with E-state index in [0.29, 0.717) is 27.3 Å². The first-order valence-electron chi connectivity index (χ1n) is 7.99. The Hall–Kier alpha value is -2.39. The van der Waals surface area contributed by atoms with E-state index < -0.39 is 10.9 Å². The molecule has 4 rings (SSSR count). The van der Waals surface area contributed by atoms with E-state index in [9.17, 15) is 14.9 Å². The first-order chi connectivity index (χ1) is 13.4. The van der Waals surface area contributed by atoms with Gasteiger partial charge in [-0.05, 0) is 12.1 Å². The standard InChI is InChI=1S/C18H11Cl2NO6S/c19-11-1-2-13-14(5-11)28-17(15(13)20)18(22)26-7-10-4-12(21(23)24)3-9-6-25-8-27-16(9)10/h1-5H,6-8H2. The molecule has 0 atom stereocenters. The van der Waals surface area contributed by atoms with Gasteiger partial charge in [0.2, 0.25) is 0 Å². The number of rotatable bonds is 4. The second kappa shape index (κ2) is 7.56. The molecule has 2 aromatic carbocycles. The van der Waals surface area contributed by atoms with Crippen molar-refractivity contribution >= 4 is 56.3 Å². The molecule has 144 valence electrons. The molecule has 3 aromatic rings. The number of carbonyl (C=O) groups is 1. The fourth-order valence-electron chi connectivity index (χ4n) is 2.87. The summed E-state index contributed by atoms with van der Waals surface area (Å²) in [5.74, 6) is -0.200. The van der Waals surface area contributed by atoms with Crippen molar-refractivity contribution in [3.8, 4) is 5.75 Å². The van der Waals surface area contributed by atoms with E-state index in [4.69, 9.17) is 37.4 Å². The van der Waals surface area contributed by atoms with Gasteiger partial charge in [0, 0.05) is 38.4 Å². The van der Waals surface area contributed by atoms with Crippen molar-refractivity contribution in [1.82, 2.24) is 0 Å². The van der Waals surface area contributed by atoms with Crippen LogP contribution in [0.3, 0.4) is 0 Å². The van der Waals surface area contributed by atoms with Gasteiger partial charge in [0.15, 0.2) is 6.79 Å². The number of nitro groups is 1. The number of nitrogens with zero attached hydrogens (tertiary/aromatic N) is 1. The molecule has 10 heteroatoms. The molecule has 7 nitrogen and oxygen atoms in total. The molecule has 0 saturated carbocycles. The predicted molar refractivity (Wildman–Crippen MR) is 104 cm³/mol. The predicted octanol–water partition coefficient (Wildman–Crippen LogP) is 5.34. The zero-order valence-corrected chi connectivity index (χ0v) is 16.4. The van der Waals surface area contributed by atoms with Crippen LogP contribution in [0.4, 0.5) is 5.69 Å². The number of hydrogen-bond donors (Lipinski definition) is 0. The Bertz CT molecular complexity index is 1110. The van der Waals surface area contributed by atoms with E-state index in [-0.39, 0.29) is 35.6 Å². The van der Waals surface area contributed by atoms with Gasteiger partial charge in [-0.1, -0.05) is 29.3 Å². The van der Waals surface area contributed by atoms with E-state index >= 15 is 0 Å². The zero-order valence-electron chi connectivity index (χ0n) is 14.1. The van der Waals surface area contributed by atoms with E-state index in [1.165, 1.54) is 23.5 Å². The van der Waals surface area contributed by atoms with E-state index in [1.807, 2.05) is 0 Å². The average Bonchev–Trinajstić information content (AvgIpc) is 3.01. The molecule has 0 unspecified atom stereocenters. The third-order valence-electron chi connectivity index (χ3n) is 4.12. The summed E-state index contributed by atoms with van der Waals surface area (Å²) in [6.45, 7) is 0.00367. The summed E-state index contributed by atoms with van der Waals surface area (Å²) in [6, 6.07) is 7.84. The SMILES string of the molecule is O=C(OCc1cc([N+](=O)[O-])cc2c1OCOC2)c1sc2cc(Cl)ccc2c1Cl. The van der Waals surface area contributed by atoms with Gasteiger partial charge in [-0.25, -0.2) is 4.79 Å². The molecule has 0 amide bonds. The van der Waals surface area contributed by atoms with Crippen LogP contribution in [0.25, 0.3) is 10.1 Å². The van der Waals surface area contributed by atoms with Crippen molar-refractivity contribution in [2.75, 3.05) is 6.79 Å². The van der Waals surface area contributed by atoms with Crippen LogP contribution < -0.4 is 4.74 Å². The number of carbonyl (C=O) groups excluding carboxylic acids is 1. The Kier molecular flexibility index (Phi) is 5.11. The number of esters is 1. The highest BCUT2D eigenvalue weighted by molar-refractivity contribution is 7.21. The van der Waals surface area contributed by atoms with Gasteiger partial charge in [0.1, 0.15) is 17.2 Å². The van der Waals surface area contributed by atoms with Crippen LogP contribution in [0, 0.1) is 10.1 Å². The number of thiophene rings is 1. The molecule has 28 heavy (non-hydrogen) atoms. The molecule has 2 heterocycles. The van der Waals surface area contributed by atoms with Crippen molar-refractivity contribution in [1.29, 1.82) is 0 Å². The molecule has 0 saturated heterocycles. The van der Waals surface area contributed by atoms with Crippen molar-refractivity contribution in [2.24, 2.45) is 0 Å². The number of halogens is 2. The van der Waals surface area contributed by atoms with Crippen LogP contribution >= 0.6 is 34.5 Å². The van der Waals surface area contributed by atoms with Crippen molar-refractivity contribution < 1.29 is 23.9 Å². The van der Waals surface area contributed by atoms with Gasteiger partial charge in [0.05, 0.1) is 16.6 Å². The van der Waals surface area contributed by atoms with Gasteiger partial charge < -0.3 is 14.2 Å². The molecule has 1 aliphatic heterocycles. The normalized spacial score (nSPS) is 13.1. The lowest BCUT2D eigenvalue weighted by molar-refractivity contribution is -0.385. The summed E-state index contributed by atoms with van der Waals surface area (Å²) < 4.78 is 16.7. The van der Waals surface area contributed by atoms with E-state index in [0.717, 1.165) is 4.70 Å². The van der Waals surface area contributed by atoms with Crippen LogP contribution in [0.5, 0.6) is 5.75 Å². The molecule has 0 radical (unpaired) electrons. The Morgan fingerprint density at radius 2 is 2.11 bits per heavy atom. The monoisotopic (exact) mass is 439 g/mol. The number of hydrogen-bond acceptors (Lipinski definition) is 7. The molecular weight excluding hydrogens is 429 g/mol. The summed E-state index contributed by atoms with van der Waals surface area (Å²) in [4.78, 5) is 23.4. The van der Waals surface area contributed by atoms with Gasteiger partial charge in [-0.3, -0.25) is 10.1 Å². The van der Waals surface area contributed by atoms with Crippen LogP contribution in [0.1, 0.15) is 20.8 Å². The molecule has 0 aliphatic carbocycles. The Balaban J connectivity index is 1.61. The molecule has 1 aromatic heterocycles. The van der Waals surface area contributed by atoms with Crippen molar-refractivity contribution in [3.05, 3.63) is 66.5 Å². The van der Waals surface area contributed by atoms with E-state index in [1.54, 1.807) is 18.2 Å². The second-order valence-electron chi connectivity index (χ2n) is 5.92. The highest BCUT2D eigenvalue weighted by atomic mass is 35.5. The summed E-state index contributed by atoms with van der Waals surface area (Å²) in [5.41, 5.74) is 0.788. The maximum absolute atomic E-state index is 12.6. The molecule has 1 aliphatic rings. The van der Waals surface area contributed by atoms with Gasteiger partial charge in [-0.2, -0.15) is 0 Å². The van der Waals surface area contributed by atoms with Crippen LogP contribution in [0.2, 0.25) is 10.0 Å². The molecule has 0 fully saturated rings. The van der Waals surface area contributed by atoms with Crippen LogP contribution in [-0.4, -0.2) is 17.7 Å². The van der Waals surface area contributed by atoms with Gasteiger partial charge in [-0.15, -0.1) is 11.3 Å². The van der Waals surface area contributed by atoms with Gasteiger partial charge in [0.25, 0.3) is 5.69 Å². The fourth-order valence-corrected chi connectivity index (χ4v) is 4.55. The van der Waals surface area contributed by atoms with Crippen molar-refractivity contribution in [2.45, 2.75) is 13.2 Å².